The monoisotopic (exact) mass is 302 g/mol. The van der Waals surface area contributed by atoms with Crippen LogP contribution in [0.5, 0.6) is 11.5 Å². The third kappa shape index (κ3) is 2.68. The van der Waals surface area contributed by atoms with Gasteiger partial charge < -0.3 is 19.3 Å². The molecule has 0 bridgehead atoms. The fourth-order valence-electron chi connectivity index (χ4n) is 2.97. The molecule has 0 spiro atoms. The van der Waals surface area contributed by atoms with Crippen molar-refractivity contribution in [2.45, 2.75) is 46.2 Å². The molecule has 0 fully saturated rings. The maximum atomic E-state index is 5.46. The van der Waals surface area contributed by atoms with Gasteiger partial charge in [-0.05, 0) is 44.9 Å². The molecule has 3 rings (SSSR count). The van der Waals surface area contributed by atoms with Crippen LogP contribution in [0.25, 0.3) is 0 Å². The van der Waals surface area contributed by atoms with Gasteiger partial charge in [0.25, 0.3) is 0 Å². The largest absolute Gasteiger partial charge is 0.454 e. The molecule has 22 heavy (non-hydrogen) atoms. The first kappa shape index (κ1) is 14.9. The zero-order valence-electron chi connectivity index (χ0n) is 13.5. The van der Waals surface area contributed by atoms with Crippen LogP contribution in [0.1, 0.15) is 54.9 Å². The number of benzene rings is 1. The molecular weight excluding hydrogens is 280 g/mol. The summed E-state index contributed by atoms with van der Waals surface area (Å²) in [4.78, 5) is 0. The van der Waals surface area contributed by atoms with Crippen molar-refractivity contribution in [2.75, 3.05) is 6.79 Å². The first-order chi connectivity index (χ1) is 10.6. The number of nitrogens with zero attached hydrogens (tertiary/aromatic N) is 1. The second kappa shape index (κ2) is 6.01. The number of hydrogen-bond donors (Lipinski definition) is 1. The van der Waals surface area contributed by atoms with Crippen molar-refractivity contribution in [3.8, 4) is 11.5 Å². The fourth-order valence-corrected chi connectivity index (χ4v) is 2.97. The lowest BCUT2D eigenvalue weighted by molar-refractivity contribution is 0.174. The van der Waals surface area contributed by atoms with Crippen LogP contribution in [-0.2, 0) is 0 Å². The Labute approximate surface area is 130 Å². The fraction of sp³-hybridized carbons (Fsp3) is 0.471. The zero-order valence-corrected chi connectivity index (χ0v) is 13.5. The van der Waals surface area contributed by atoms with Gasteiger partial charge in [0.05, 0.1) is 5.69 Å². The van der Waals surface area contributed by atoms with Gasteiger partial charge in [-0.25, -0.2) is 0 Å². The maximum absolute atomic E-state index is 5.46. The lowest BCUT2D eigenvalue weighted by Gasteiger charge is -2.23. The van der Waals surface area contributed by atoms with Gasteiger partial charge in [0, 0.05) is 17.6 Å². The topological polar surface area (TPSA) is 56.5 Å². The van der Waals surface area contributed by atoms with Crippen LogP contribution in [0.2, 0.25) is 0 Å². The predicted molar refractivity (Wildman–Crippen MR) is 83.1 cm³/mol. The number of ether oxygens (including phenoxy) is 2. The summed E-state index contributed by atoms with van der Waals surface area (Å²) < 4.78 is 16.1. The van der Waals surface area contributed by atoms with E-state index < -0.39 is 0 Å². The third-order valence-electron chi connectivity index (χ3n) is 4.19. The molecule has 2 atom stereocenters. The molecule has 1 aromatic carbocycles. The summed E-state index contributed by atoms with van der Waals surface area (Å²) in [6.07, 6.45) is 0.970. The van der Waals surface area contributed by atoms with Gasteiger partial charge >= 0.3 is 0 Å². The Kier molecular flexibility index (Phi) is 4.07. The number of hydrogen-bond acceptors (Lipinski definition) is 5. The quantitative estimate of drug-likeness (QED) is 0.910. The van der Waals surface area contributed by atoms with E-state index in [1.54, 1.807) is 0 Å². The molecule has 0 radical (unpaired) electrons. The smallest absolute Gasteiger partial charge is 0.231 e. The van der Waals surface area contributed by atoms with Crippen LogP contribution in [-0.4, -0.2) is 11.9 Å². The first-order valence-corrected chi connectivity index (χ1v) is 7.68. The lowest BCUT2D eigenvalue weighted by atomic mass is 10.00. The number of fused-ring (bicyclic) bond motifs is 1. The Morgan fingerprint density at radius 2 is 2.00 bits per heavy atom. The standard InChI is InChI=1S/C17H22N2O3/c1-5-14(17-11(3)19-22-12(17)4)18-10(2)13-6-7-15-16(8-13)21-9-20-15/h6-8,10,14,18H,5,9H2,1-4H3/t10-,14+/m0/s1. The van der Waals surface area contributed by atoms with Crippen molar-refractivity contribution in [1.29, 1.82) is 0 Å². The Bertz CT molecular complexity index is 646. The van der Waals surface area contributed by atoms with Gasteiger partial charge in [-0.3, -0.25) is 0 Å². The molecule has 0 amide bonds. The van der Waals surface area contributed by atoms with Crippen LogP contribution in [0.3, 0.4) is 0 Å². The van der Waals surface area contributed by atoms with Gasteiger partial charge in [0.2, 0.25) is 6.79 Å². The van der Waals surface area contributed by atoms with Gasteiger partial charge in [0.1, 0.15) is 5.76 Å². The number of nitrogens with one attached hydrogen (secondary N) is 1. The van der Waals surface area contributed by atoms with Gasteiger partial charge in [0.15, 0.2) is 11.5 Å². The summed E-state index contributed by atoms with van der Waals surface area (Å²) in [7, 11) is 0. The minimum Gasteiger partial charge on any atom is -0.454 e. The molecule has 1 aliphatic rings. The second-order valence-corrected chi connectivity index (χ2v) is 5.70. The van der Waals surface area contributed by atoms with E-state index >= 15 is 0 Å². The minimum atomic E-state index is 0.188. The molecule has 0 aliphatic carbocycles. The molecular formula is C17H22N2O3. The third-order valence-corrected chi connectivity index (χ3v) is 4.19. The van der Waals surface area contributed by atoms with Crippen LogP contribution in [0.4, 0.5) is 0 Å². The van der Waals surface area contributed by atoms with Crippen LogP contribution < -0.4 is 14.8 Å². The molecule has 2 heterocycles. The average molecular weight is 302 g/mol. The summed E-state index contributed by atoms with van der Waals surface area (Å²) in [6.45, 7) is 8.57. The number of aromatic nitrogens is 1. The molecule has 5 nitrogen and oxygen atoms in total. The van der Waals surface area contributed by atoms with E-state index in [1.807, 2.05) is 26.0 Å². The maximum Gasteiger partial charge on any atom is 0.231 e. The summed E-state index contributed by atoms with van der Waals surface area (Å²) in [6, 6.07) is 6.48. The van der Waals surface area contributed by atoms with Crippen molar-refractivity contribution >= 4 is 0 Å². The van der Waals surface area contributed by atoms with E-state index in [2.05, 4.69) is 30.4 Å². The van der Waals surface area contributed by atoms with Crippen molar-refractivity contribution in [2.24, 2.45) is 0 Å². The number of aryl methyl sites for hydroxylation is 2. The minimum absolute atomic E-state index is 0.188. The highest BCUT2D eigenvalue weighted by Gasteiger charge is 2.22. The van der Waals surface area contributed by atoms with E-state index in [-0.39, 0.29) is 12.1 Å². The highest BCUT2D eigenvalue weighted by atomic mass is 16.7. The molecule has 0 saturated heterocycles. The zero-order chi connectivity index (χ0) is 15.7. The molecule has 2 aromatic rings. The molecule has 0 saturated carbocycles. The lowest BCUT2D eigenvalue weighted by Crippen LogP contribution is -2.25. The molecule has 118 valence electrons. The molecule has 5 heteroatoms. The van der Waals surface area contributed by atoms with Crippen LogP contribution >= 0.6 is 0 Å². The predicted octanol–water partition coefficient (Wildman–Crippen LogP) is 3.82. The van der Waals surface area contributed by atoms with Crippen molar-refractivity contribution in [1.82, 2.24) is 10.5 Å². The average Bonchev–Trinajstić information content (AvgIpc) is 3.11. The van der Waals surface area contributed by atoms with Crippen LogP contribution in [0.15, 0.2) is 22.7 Å². The Morgan fingerprint density at radius 1 is 1.23 bits per heavy atom. The Hall–Kier alpha value is -2.01. The SMILES string of the molecule is CC[C@@H](N[C@@H](C)c1ccc2c(c1)OCO2)c1c(C)noc1C. The first-order valence-electron chi connectivity index (χ1n) is 7.68. The highest BCUT2D eigenvalue weighted by Crippen LogP contribution is 2.35. The van der Waals surface area contributed by atoms with E-state index in [9.17, 15) is 0 Å². The van der Waals surface area contributed by atoms with Gasteiger partial charge in [-0.2, -0.15) is 0 Å². The van der Waals surface area contributed by atoms with Crippen molar-refractivity contribution in [3.63, 3.8) is 0 Å². The molecule has 0 unspecified atom stereocenters. The molecule has 1 N–H and O–H groups in total. The van der Waals surface area contributed by atoms with Gasteiger partial charge in [-0.15, -0.1) is 0 Å². The highest BCUT2D eigenvalue weighted by molar-refractivity contribution is 5.45. The summed E-state index contributed by atoms with van der Waals surface area (Å²) in [5.74, 6) is 2.51. The molecule has 1 aliphatic heterocycles. The van der Waals surface area contributed by atoms with Gasteiger partial charge in [-0.1, -0.05) is 18.1 Å². The normalized spacial score (nSPS) is 15.8. The van der Waals surface area contributed by atoms with E-state index in [0.29, 0.717) is 6.79 Å². The van der Waals surface area contributed by atoms with E-state index in [4.69, 9.17) is 14.0 Å². The number of rotatable bonds is 5. The van der Waals surface area contributed by atoms with Crippen LogP contribution in [0, 0.1) is 13.8 Å². The van der Waals surface area contributed by atoms with E-state index in [1.165, 1.54) is 5.56 Å². The Balaban J connectivity index is 1.79. The summed E-state index contributed by atoms with van der Waals surface area (Å²) in [5.41, 5.74) is 3.29. The molecule has 1 aromatic heterocycles. The van der Waals surface area contributed by atoms with Crippen molar-refractivity contribution in [3.05, 3.63) is 40.8 Å². The summed E-state index contributed by atoms with van der Waals surface area (Å²) in [5, 5.41) is 7.72. The summed E-state index contributed by atoms with van der Waals surface area (Å²) >= 11 is 0. The second-order valence-electron chi connectivity index (χ2n) is 5.70. The Morgan fingerprint density at radius 3 is 2.68 bits per heavy atom. The van der Waals surface area contributed by atoms with E-state index in [0.717, 1.165) is 34.9 Å². The van der Waals surface area contributed by atoms with Crippen molar-refractivity contribution < 1.29 is 14.0 Å².